The molecule has 14 nitrogen and oxygen atoms in total. The van der Waals surface area contributed by atoms with Gasteiger partial charge in [-0.2, -0.15) is 0 Å². The average molecular weight is 822 g/mol. The molecule has 1 aromatic rings. The van der Waals surface area contributed by atoms with Crippen molar-refractivity contribution in [1.29, 1.82) is 0 Å². The van der Waals surface area contributed by atoms with Crippen LogP contribution in [0.1, 0.15) is 92.7 Å². The molecule has 4 fully saturated rings. The van der Waals surface area contributed by atoms with Gasteiger partial charge in [-0.05, 0) is 67.0 Å². The Morgan fingerprint density at radius 3 is 2.07 bits per heavy atom. The Hall–Kier alpha value is -2.08. The van der Waals surface area contributed by atoms with Gasteiger partial charge in [-0.3, -0.25) is 14.5 Å². The third kappa shape index (κ3) is 9.23. The average Bonchev–Trinajstić information content (AvgIpc) is 3.71. The van der Waals surface area contributed by atoms with Crippen LogP contribution in [0.4, 0.5) is 0 Å². The van der Waals surface area contributed by atoms with E-state index in [9.17, 15) is 30.0 Å². The molecule has 0 spiro atoms. The highest BCUT2D eigenvalue weighted by molar-refractivity contribution is 5.84. The molecule has 3 heterocycles. The maximum absolute atomic E-state index is 14.2. The van der Waals surface area contributed by atoms with Gasteiger partial charge in [0.15, 0.2) is 12.6 Å². The lowest BCUT2D eigenvalue weighted by molar-refractivity contribution is -0.319. The monoisotopic (exact) mass is 821 g/mol. The van der Waals surface area contributed by atoms with Crippen molar-refractivity contribution in [1.82, 2.24) is 4.90 Å². The second kappa shape index (κ2) is 18.1. The maximum atomic E-state index is 14.2. The minimum atomic E-state index is -1.82. The molecule has 0 amide bonds. The summed E-state index contributed by atoms with van der Waals surface area (Å²) < 4.78 is 44.4. The summed E-state index contributed by atoms with van der Waals surface area (Å²) in [5, 5.41) is 46.1. The van der Waals surface area contributed by atoms with Crippen molar-refractivity contribution >= 4 is 11.8 Å². The second-order valence-corrected chi connectivity index (χ2v) is 18.5. The van der Waals surface area contributed by atoms with Gasteiger partial charge >= 0.3 is 5.97 Å². The van der Waals surface area contributed by atoms with E-state index < -0.39 is 108 Å². The highest BCUT2D eigenvalue weighted by atomic mass is 16.7. The van der Waals surface area contributed by atoms with Gasteiger partial charge in [0.25, 0.3) is 0 Å². The molecule has 19 atom stereocenters. The van der Waals surface area contributed by atoms with Crippen molar-refractivity contribution in [3.8, 4) is 0 Å². The minimum Gasteiger partial charge on any atom is -0.458 e. The topological polar surface area (TPSA) is 183 Å². The lowest BCUT2D eigenvalue weighted by Crippen LogP contribution is -2.61. The summed E-state index contributed by atoms with van der Waals surface area (Å²) in [6, 6.07) is 7.91. The Labute approximate surface area is 344 Å². The van der Waals surface area contributed by atoms with Crippen LogP contribution in [0.2, 0.25) is 0 Å². The van der Waals surface area contributed by atoms with E-state index in [-0.39, 0.29) is 30.8 Å². The van der Waals surface area contributed by atoms with Gasteiger partial charge in [-0.15, -0.1) is 0 Å². The van der Waals surface area contributed by atoms with Gasteiger partial charge in [0, 0.05) is 56.9 Å². The number of aliphatic hydroxyl groups is 4. The summed E-state index contributed by atoms with van der Waals surface area (Å²) in [4.78, 5) is 30.4. The minimum absolute atomic E-state index is 0.109. The van der Waals surface area contributed by atoms with Gasteiger partial charge in [0.1, 0.15) is 29.7 Å². The number of hydrogen-bond donors (Lipinski definition) is 4. The fraction of sp³-hybridized carbons (Fsp3) is 0.818. The van der Waals surface area contributed by atoms with Crippen LogP contribution < -0.4 is 0 Å². The Morgan fingerprint density at radius 1 is 0.845 bits per heavy atom. The highest BCUT2D eigenvalue weighted by Crippen LogP contribution is 2.51. The molecule has 1 aliphatic carbocycles. The Morgan fingerprint density at radius 2 is 1.47 bits per heavy atom. The number of benzene rings is 1. The molecule has 4 N–H and O–H groups in total. The summed E-state index contributed by atoms with van der Waals surface area (Å²) in [7, 11) is 4.99. The number of carbonyl (C=O) groups is 2. The molecule has 4 unspecified atom stereocenters. The molecule has 5 rings (SSSR count). The number of methoxy groups -OCH3 is 2. The van der Waals surface area contributed by atoms with Crippen LogP contribution in [0.15, 0.2) is 24.3 Å². The van der Waals surface area contributed by atoms with Crippen LogP contribution in [-0.2, 0) is 49.3 Å². The Balaban J connectivity index is 1.55. The SMILES string of the molecule is CO[C@]1(C)CC(O[C@@H]2[C@H](C)[C@@H](OC3O[C@H](C)C[C@H](N(C)Cc4ccc(C)cc4)[C@H]3O)[C@@](C)(OC)C[C@@H](C)C(=O)[C@H](C)[C@@H](O)[C@@]3(O)C(C)C3OC(=O)[C@@H]2C)O[C@@H](C)[C@@H]1O. The quantitative estimate of drug-likeness (QED) is 0.266. The molecule has 0 aromatic heterocycles. The normalized spacial score (nSPS) is 46.9. The van der Waals surface area contributed by atoms with Crippen LogP contribution in [0, 0.1) is 36.5 Å². The van der Waals surface area contributed by atoms with Gasteiger partial charge < -0.3 is 53.6 Å². The van der Waals surface area contributed by atoms with E-state index >= 15 is 0 Å². The summed E-state index contributed by atoms with van der Waals surface area (Å²) in [5.74, 6) is -5.06. The van der Waals surface area contributed by atoms with Gasteiger partial charge in [-0.1, -0.05) is 57.5 Å². The Bertz CT molecular complexity index is 1560. The van der Waals surface area contributed by atoms with E-state index in [0.29, 0.717) is 13.0 Å². The number of Topliss-reactive ketones (excluding diaryl/α,β-unsaturated/α-hetero) is 1. The van der Waals surface area contributed by atoms with Crippen molar-refractivity contribution in [2.24, 2.45) is 29.6 Å². The predicted molar refractivity (Wildman–Crippen MR) is 213 cm³/mol. The van der Waals surface area contributed by atoms with Crippen molar-refractivity contribution in [3.05, 3.63) is 35.4 Å². The Kier molecular flexibility index (Phi) is 14.7. The number of carbonyl (C=O) groups excluding carboxylic acids is 2. The van der Waals surface area contributed by atoms with Gasteiger partial charge in [0.2, 0.25) is 0 Å². The van der Waals surface area contributed by atoms with Crippen LogP contribution in [0.5, 0.6) is 0 Å². The molecule has 3 aliphatic heterocycles. The first kappa shape index (κ1) is 47.0. The van der Waals surface area contributed by atoms with E-state index in [1.54, 1.807) is 41.5 Å². The summed E-state index contributed by atoms with van der Waals surface area (Å²) >= 11 is 0. The highest BCUT2D eigenvalue weighted by Gasteiger charge is 2.70. The number of ether oxygens (including phenoxy) is 7. The van der Waals surface area contributed by atoms with Gasteiger partial charge in [-0.25, -0.2) is 0 Å². The zero-order valence-corrected chi connectivity index (χ0v) is 36.8. The third-order valence-corrected chi connectivity index (χ3v) is 14.1. The van der Waals surface area contributed by atoms with E-state index in [1.165, 1.54) is 14.2 Å². The van der Waals surface area contributed by atoms with Crippen LogP contribution in [-0.4, -0.2) is 143 Å². The first-order valence-electron chi connectivity index (χ1n) is 21.0. The van der Waals surface area contributed by atoms with Crippen LogP contribution in [0.3, 0.4) is 0 Å². The lowest BCUT2D eigenvalue weighted by Gasteiger charge is -2.49. The molecule has 4 aliphatic rings. The zero-order valence-electron chi connectivity index (χ0n) is 36.8. The first-order chi connectivity index (χ1) is 27.0. The smallest absolute Gasteiger partial charge is 0.311 e. The number of ketones is 1. The number of aliphatic hydroxyl groups excluding tert-OH is 3. The number of likely N-dealkylation sites (N-methyl/N-ethyl adjacent to an activating group) is 1. The molecule has 58 heavy (non-hydrogen) atoms. The lowest BCUT2D eigenvalue weighted by atomic mass is 9.75. The van der Waals surface area contributed by atoms with Crippen LogP contribution in [0.25, 0.3) is 0 Å². The van der Waals surface area contributed by atoms with Gasteiger partial charge in [0.05, 0.1) is 47.6 Å². The predicted octanol–water partition coefficient (Wildman–Crippen LogP) is 3.54. The molecule has 1 saturated carbocycles. The number of nitrogens with zero attached hydrogens (tertiary/aromatic N) is 1. The number of rotatable bonds is 9. The summed E-state index contributed by atoms with van der Waals surface area (Å²) in [6.45, 7) is 18.4. The molecular formula is C44H71NO13. The summed E-state index contributed by atoms with van der Waals surface area (Å²) in [5.41, 5.74) is -1.88. The molecule has 14 heteroatoms. The molecule has 0 radical (unpaired) electrons. The summed E-state index contributed by atoms with van der Waals surface area (Å²) in [6.07, 6.45) is -8.94. The van der Waals surface area contributed by atoms with Crippen molar-refractivity contribution < 1.29 is 63.2 Å². The van der Waals surface area contributed by atoms with E-state index in [2.05, 4.69) is 29.2 Å². The van der Waals surface area contributed by atoms with Crippen molar-refractivity contribution in [2.75, 3.05) is 21.3 Å². The molecule has 0 bridgehead atoms. The standard InChI is InChI=1S/C44H71NO13/c1-22-14-16-30(17-15-22)21-45(11)31-18-24(3)54-41(34(31)47)58-38-26(5)35(56-32-20-42(9,52-12)37(49)29(8)55-32)27(6)40(50)57-39-28(7)44(39,51)36(48)25(4)33(46)23(2)19-43(38,10)53-13/h14-17,23-29,31-32,34-39,41,47-49,51H,18-21H2,1-13H3/t23-,24-,25+,26+,27-,28?,29+,31+,32?,34-,35-,36-,37+,38-,39?,41?,42-,43+,44+/m1/s1. The molecule has 330 valence electrons. The number of fused-ring (bicyclic) bond motifs is 1. The van der Waals surface area contributed by atoms with E-state index in [4.69, 9.17) is 33.2 Å². The first-order valence-corrected chi connectivity index (χ1v) is 21.0. The van der Waals surface area contributed by atoms with E-state index in [1.807, 2.05) is 34.7 Å². The van der Waals surface area contributed by atoms with Crippen molar-refractivity contribution in [2.45, 2.75) is 179 Å². The number of esters is 1. The van der Waals surface area contributed by atoms with Crippen molar-refractivity contribution in [3.63, 3.8) is 0 Å². The second-order valence-electron chi connectivity index (χ2n) is 18.5. The van der Waals surface area contributed by atoms with E-state index in [0.717, 1.165) is 11.1 Å². The molecule has 1 aromatic carbocycles. The molecular weight excluding hydrogens is 750 g/mol. The fourth-order valence-corrected chi connectivity index (χ4v) is 9.84. The largest absolute Gasteiger partial charge is 0.458 e. The fourth-order valence-electron chi connectivity index (χ4n) is 9.84. The molecule has 3 saturated heterocycles. The third-order valence-electron chi connectivity index (χ3n) is 14.1. The van der Waals surface area contributed by atoms with Crippen LogP contribution >= 0.6 is 0 Å². The zero-order chi connectivity index (χ0) is 43.2. The number of hydrogen-bond acceptors (Lipinski definition) is 14. The maximum Gasteiger partial charge on any atom is 0.311 e. The number of aryl methyl sites for hydroxylation is 1.